The monoisotopic (exact) mass is 314 g/mol. The molecular weight excluding hydrogens is 296 g/mol. The maximum absolute atomic E-state index is 12.5. The fraction of sp³-hybridized carbons (Fsp3) is 0.438. The van der Waals surface area contributed by atoms with Crippen LogP contribution in [0.2, 0.25) is 0 Å². The standard InChI is InChI=1S/C16H18N4OS/c21-14(10-13-2-9-22-11-13)19-7-3-16(12-19)4-8-20(16)15-17-5-1-6-18-15/h1-2,5-6,9,11H,3-4,7-8,10,12H2/t16-/m0/s1. The zero-order chi connectivity index (χ0) is 15.0. The predicted octanol–water partition coefficient (Wildman–Crippen LogP) is 1.96. The minimum absolute atomic E-state index is 0.0612. The first-order valence-corrected chi connectivity index (χ1v) is 8.55. The highest BCUT2D eigenvalue weighted by atomic mass is 32.1. The maximum atomic E-state index is 12.5. The number of amides is 1. The summed E-state index contributed by atoms with van der Waals surface area (Å²) in [5, 5.41) is 4.08. The van der Waals surface area contributed by atoms with Crippen LogP contribution in [-0.2, 0) is 11.2 Å². The van der Waals surface area contributed by atoms with E-state index in [2.05, 4.69) is 20.2 Å². The number of carbonyl (C=O) groups is 1. The number of carbonyl (C=O) groups excluding carboxylic acids is 1. The van der Waals surface area contributed by atoms with Crippen LogP contribution in [-0.4, -0.2) is 45.9 Å². The second kappa shape index (κ2) is 5.35. The third-order valence-corrected chi connectivity index (χ3v) is 5.52. The van der Waals surface area contributed by atoms with Gasteiger partial charge in [0.25, 0.3) is 0 Å². The molecule has 0 N–H and O–H groups in total. The maximum Gasteiger partial charge on any atom is 0.227 e. The van der Waals surface area contributed by atoms with Crippen molar-refractivity contribution in [2.45, 2.75) is 24.8 Å². The Hall–Kier alpha value is -1.95. The summed E-state index contributed by atoms with van der Waals surface area (Å²) < 4.78 is 0. The van der Waals surface area contributed by atoms with E-state index in [1.54, 1.807) is 23.7 Å². The van der Waals surface area contributed by atoms with Crippen molar-refractivity contribution in [3.8, 4) is 0 Å². The first-order chi connectivity index (χ1) is 10.8. The lowest BCUT2D eigenvalue weighted by Gasteiger charge is -2.50. The highest BCUT2D eigenvalue weighted by molar-refractivity contribution is 7.07. The van der Waals surface area contributed by atoms with Crippen LogP contribution in [0, 0.1) is 0 Å². The molecule has 2 aromatic rings. The van der Waals surface area contributed by atoms with Gasteiger partial charge in [0.1, 0.15) is 0 Å². The van der Waals surface area contributed by atoms with E-state index in [-0.39, 0.29) is 11.4 Å². The molecule has 1 atom stereocenters. The Morgan fingerprint density at radius 3 is 2.77 bits per heavy atom. The Morgan fingerprint density at radius 2 is 2.09 bits per heavy atom. The van der Waals surface area contributed by atoms with Crippen molar-refractivity contribution in [1.82, 2.24) is 14.9 Å². The first kappa shape index (κ1) is 13.7. The average molecular weight is 314 g/mol. The zero-order valence-corrected chi connectivity index (χ0v) is 13.1. The third-order valence-electron chi connectivity index (χ3n) is 4.79. The van der Waals surface area contributed by atoms with Gasteiger partial charge in [-0.15, -0.1) is 0 Å². The molecule has 2 aliphatic rings. The summed E-state index contributed by atoms with van der Waals surface area (Å²) >= 11 is 1.64. The van der Waals surface area contributed by atoms with Crippen LogP contribution in [0.3, 0.4) is 0 Å². The number of anilines is 1. The minimum Gasteiger partial charge on any atom is -0.340 e. The third kappa shape index (κ3) is 2.27. The van der Waals surface area contributed by atoms with E-state index in [1.165, 1.54) is 0 Å². The van der Waals surface area contributed by atoms with Gasteiger partial charge < -0.3 is 9.80 Å². The highest BCUT2D eigenvalue weighted by Gasteiger charge is 2.51. The molecule has 0 bridgehead atoms. The van der Waals surface area contributed by atoms with Gasteiger partial charge in [0, 0.05) is 32.0 Å². The Labute approximate surface area is 133 Å². The van der Waals surface area contributed by atoms with Crippen molar-refractivity contribution >= 4 is 23.2 Å². The molecule has 4 rings (SSSR count). The summed E-state index contributed by atoms with van der Waals surface area (Å²) in [5.74, 6) is 1.02. The number of aromatic nitrogens is 2. The van der Waals surface area contributed by atoms with Gasteiger partial charge in [-0.05, 0) is 41.3 Å². The molecule has 2 aliphatic heterocycles. The van der Waals surface area contributed by atoms with Crippen molar-refractivity contribution in [3.05, 3.63) is 40.8 Å². The SMILES string of the molecule is O=C(Cc1ccsc1)N1CC[C@]2(CCN2c2ncccn2)C1. The molecule has 4 heterocycles. The second-order valence-electron chi connectivity index (χ2n) is 6.05. The summed E-state index contributed by atoms with van der Waals surface area (Å²) in [7, 11) is 0. The fourth-order valence-electron chi connectivity index (χ4n) is 3.46. The van der Waals surface area contributed by atoms with Crippen molar-refractivity contribution < 1.29 is 4.79 Å². The summed E-state index contributed by atoms with van der Waals surface area (Å²) in [6, 6.07) is 3.86. The first-order valence-electron chi connectivity index (χ1n) is 7.60. The Morgan fingerprint density at radius 1 is 1.27 bits per heavy atom. The van der Waals surface area contributed by atoms with Crippen LogP contribution in [0.5, 0.6) is 0 Å². The van der Waals surface area contributed by atoms with Gasteiger partial charge in [0.2, 0.25) is 11.9 Å². The van der Waals surface area contributed by atoms with Crippen molar-refractivity contribution in [2.75, 3.05) is 24.5 Å². The molecule has 0 aromatic carbocycles. The molecule has 0 aliphatic carbocycles. The van der Waals surface area contributed by atoms with Crippen molar-refractivity contribution in [3.63, 3.8) is 0 Å². The second-order valence-corrected chi connectivity index (χ2v) is 6.83. The van der Waals surface area contributed by atoms with Gasteiger partial charge in [-0.3, -0.25) is 4.79 Å². The number of thiophene rings is 1. The molecule has 0 unspecified atom stereocenters. The summed E-state index contributed by atoms with van der Waals surface area (Å²) in [6.07, 6.45) is 6.21. The summed E-state index contributed by atoms with van der Waals surface area (Å²) in [4.78, 5) is 25.5. The van der Waals surface area contributed by atoms with Crippen molar-refractivity contribution in [2.24, 2.45) is 0 Å². The minimum atomic E-state index is 0.0612. The van der Waals surface area contributed by atoms with E-state index < -0.39 is 0 Å². The van der Waals surface area contributed by atoms with Gasteiger partial charge in [-0.2, -0.15) is 11.3 Å². The van der Waals surface area contributed by atoms with Gasteiger partial charge in [0.05, 0.1) is 12.0 Å². The summed E-state index contributed by atoms with van der Waals surface area (Å²) in [5.41, 5.74) is 1.18. The lowest BCUT2D eigenvalue weighted by atomic mass is 9.84. The number of rotatable bonds is 3. The Kier molecular flexibility index (Phi) is 3.33. The molecule has 2 fully saturated rings. The van der Waals surface area contributed by atoms with E-state index in [0.717, 1.165) is 44.0 Å². The molecule has 2 aromatic heterocycles. The topological polar surface area (TPSA) is 49.3 Å². The quantitative estimate of drug-likeness (QED) is 0.869. The van der Waals surface area contributed by atoms with Crippen LogP contribution >= 0.6 is 11.3 Å². The normalized spacial score (nSPS) is 23.8. The van der Waals surface area contributed by atoms with E-state index in [9.17, 15) is 4.79 Å². The summed E-state index contributed by atoms with van der Waals surface area (Å²) in [6.45, 7) is 2.62. The van der Waals surface area contributed by atoms with Gasteiger partial charge >= 0.3 is 0 Å². The molecule has 0 saturated carbocycles. The van der Waals surface area contributed by atoms with Crippen LogP contribution in [0.1, 0.15) is 18.4 Å². The zero-order valence-electron chi connectivity index (χ0n) is 12.3. The molecule has 6 heteroatoms. The van der Waals surface area contributed by atoms with Gasteiger partial charge in [-0.25, -0.2) is 9.97 Å². The van der Waals surface area contributed by atoms with E-state index in [1.807, 2.05) is 22.4 Å². The number of hydrogen-bond donors (Lipinski definition) is 0. The molecule has 2 saturated heterocycles. The van der Waals surface area contributed by atoms with E-state index in [4.69, 9.17) is 0 Å². The van der Waals surface area contributed by atoms with Crippen LogP contribution in [0.25, 0.3) is 0 Å². The van der Waals surface area contributed by atoms with Gasteiger partial charge in [0.15, 0.2) is 0 Å². The molecule has 5 nitrogen and oxygen atoms in total. The highest BCUT2D eigenvalue weighted by Crippen LogP contribution is 2.41. The Balaban J connectivity index is 1.45. The van der Waals surface area contributed by atoms with Gasteiger partial charge in [-0.1, -0.05) is 0 Å². The average Bonchev–Trinajstić information content (AvgIpc) is 3.17. The lowest BCUT2D eigenvalue weighted by molar-refractivity contribution is -0.129. The largest absolute Gasteiger partial charge is 0.340 e. The van der Waals surface area contributed by atoms with Crippen LogP contribution < -0.4 is 4.90 Å². The number of nitrogens with zero attached hydrogens (tertiary/aromatic N) is 4. The molecule has 114 valence electrons. The number of hydrogen-bond acceptors (Lipinski definition) is 5. The molecule has 1 amide bonds. The predicted molar refractivity (Wildman–Crippen MR) is 85.9 cm³/mol. The molecular formula is C16H18N4OS. The fourth-order valence-corrected chi connectivity index (χ4v) is 4.12. The molecule has 0 radical (unpaired) electrons. The molecule has 22 heavy (non-hydrogen) atoms. The van der Waals surface area contributed by atoms with Crippen LogP contribution in [0.15, 0.2) is 35.3 Å². The van der Waals surface area contributed by atoms with Crippen LogP contribution in [0.4, 0.5) is 5.95 Å². The Bertz CT molecular complexity index is 660. The van der Waals surface area contributed by atoms with Crippen molar-refractivity contribution in [1.29, 1.82) is 0 Å². The smallest absolute Gasteiger partial charge is 0.227 e. The molecule has 1 spiro atoms. The van der Waals surface area contributed by atoms with E-state index in [0.29, 0.717) is 6.42 Å². The lowest BCUT2D eigenvalue weighted by Crippen LogP contribution is -2.62. The number of likely N-dealkylation sites (tertiary alicyclic amines) is 1. The van der Waals surface area contributed by atoms with E-state index >= 15 is 0 Å².